The SMILES string of the molecule is O=C1CCN(c2ccc(Cl)cc2)C(=S)N1. The summed E-state index contributed by atoms with van der Waals surface area (Å²) in [6.45, 7) is 0.617. The zero-order valence-electron chi connectivity index (χ0n) is 7.87. The van der Waals surface area contributed by atoms with Crippen molar-refractivity contribution in [1.82, 2.24) is 5.32 Å². The summed E-state index contributed by atoms with van der Waals surface area (Å²) >= 11 is 10.9. The molecular formula is C10H9ClN2OS. The summed E-state index contributed by atoms with van der Waals surface area (Å²) in [5, 5.41) is 3.77. The summed E-state index contributed by atoms with van der Waals surface area (Å²) in [4.78, 5) is 12.9. The lowest BCUT2D eigenvalue weighted by Gasteiger charge is -2.29. The van der Waals surface area contributed by atoms with E-state index < -0.39 is 0 Å². The van der Waals surface area contributed by atoms with E-state index in [0.717, 1.165) is 5.69 Å². The lowest BCUT2D eigenvalue weighted by atomic mass is 10.2. The molecule has 2 rings (SSSR count). The van der Waals surface area contributed by atoms with Gasteiger partial charge in [0.2, 0.25) is 5.91 Å². The summed E-state index contributed by atoms with van der Waals surface area (Å²) in [7, 11) is 0. The zero-order chi connectivity index (χ0) is 10.8. The van der Waals surface area contributed by atoms with Gasteiger partial charge in [-0.15, -0.1) is 0 Å². The van der Waals surface area contributed by atoms with Gasteiger partial charge in [-0.3, -0.25) is 4.79 Å². The molecule has 1 aliphatic rings. The molecule has 0 spiro atoms. The van der Waals surface area contributed by atoms with Gasteiger partial charge < -0.3 is 10.2 Å². The number of hydrogen-bond acceptors (Lipinski definition) is 2. The lowest BCUT2D eigenvalue weighted by molar-refractivity contribution is -0.119. The fraction of sp³-hybridized carbons (Fsp3) is 0.200. The number of rotatable bonds is 1. The number of thiocarbonyl (C=S) groups is 1. The van der Waals surface area contributed by atoms with Crippen LogP contribution < -0.4 is 10.2 Å². The molecule has 1 aromatic carbocycles. The number of benzene rings is 1. The van der Waals surface area contributed by atoms with Crippen LogP contribution in [0.5, 0.6) is 0 Å². The van der Waals surface area contributed by atoms with Crippen LogP contribution >= 0.6 is 23.8 Å². The van der Waals surface area contributed by atoms with E-state index >= 15 is 0 Å². The largest absolute Gasteiger partial charge is 0.318 e. The summed E-state index contributed by atoms with van der Waals surface area (Å²) in [5.74, 6) is -0.0230. The second-order valence-corrected chi connectivity index (χ2v) is 4.05. The first-order chi connectivity index (χ1) is 7.16. The number of anilines is 1. The van der Waals surface area contributed by atoms with E-state index in [1.807, 2.05) is 17.0 Å². The second-order valence-electron chi connectivity index (χ2n) is 3.23. The smallest absolute Gasteiger partial charge is 0.227 e. The van der Waals surface area contributed by atoms with Crippen molar-refractivity contribution in [3.05, 3.63) is 29.3 Å². The van der Waals surface area contributed by atoms with Crippen LogP contribution in [0, 0.1) is 0 Å². The maximum Gasteiger partial charge on any atom is 0.227 e. The summed E-state index contributed by atoms with van der Waals surface area (Å²) in [5.41, 5.74) is 0.949. The Morgan fingerprint density at radius 1 is 1.33 bits per heavy atom. The number of carbonyl (C=O) groups is 1. The Morgan fingerprint density at radius 3 is 2.60 bits per heavy atom. The zero-order valence-corrected chi connectivity index (χ0v) is 9.44. The normalized spacial score (nSPS) is 16.5. The number of carbonyl (C=O) groups excluding carboxylic acids is 1. The molecule has 1 amide bonds. The van der Waals surface area contributed by atoms with Crippen LogP contribution in [0.25, 0.3) is 0 Å². The van der Waals surface area contributed by atoms with E-state index in [1.165, 1.54) is 0 Å². The molecule has 0 radical (unpaired) electrons. The monoisotopic (exact) mass is 240 g/mol. The van der Waals surface area contributed by atoms with Crippen molar-refractivity contribution in [2.75, 3.05) is 11.4 Å². The standard InChI is InChI=1S/C10H9ClN2OS/c11-7-1-3-8(4-2-7)13-6-5-9(14)12-10(13)15/h1-4H,5-6H2,(H,12,14,15). The number of nitrogens with zero attached hydrogens (tertiary/aromatic N) is 1. The molecule has 0 saturated carbocycles. The van der Waals surface area contributed by atoms with E-state index in [1.54, 1.807) is 12.1 Å². The summed E-state index contributed by atoms with van der Waals surface area (Å²) in [6, 6.07) is 7.37. The fourth-order valence-electron chi connectivity index (χ4n) is 1.43. The van der Waals surface area contributed by atoms with Crippen molar-refractivity contribution in [3.63, 3.8) is 0 Å². The Kier molecular flexibility index (Phi) is 2.88. The third kappa shape index (κ3) is 2.27. The van der Waals surface area contributed by atoms with Crippen LogP contribution in [0.2, 0.25) is 5.02 Å². The predicted octanol–water partition coefficient (Wildman–Crippen LogP) is 1.95. The highest BCUT2D eigenvalue weighted by atomic mass is 35.5. The third-order valence-electron chi connectivity index (χ3n) is 2.19. The molecule has 3 nitrogen and oxygen atoms in total. The second kappa shape index (κ2) is 4.16. The van der Waals surface area contributed by atoms with Crippen LogP contribution in [0.3, 0.4) is 0 Å². The van der Waals surface area contributed by atoms with Crippen LogP contribution in [0.4, 0.5) is 5.69 Å². The summed E-state index contributed by atoms with van der Waals surface area (Å²) in [6.07, 6.45) is 0.461. The van der Waals surface area contributed by atoms with Crippen molar-refractivity contribution in [2.45, 2.75) is 6.42 Å². The molecule has 0 atom stereocenters. The molecule has 0 aromatic heterocycles. The van der Waals surface area contributed by atoms with Crippen LogP contribution in [-0.4, -0.2) is 17.6 Å². The van der Waals surface area contributed by atoms with Gasteiger partial charge in [-0.2, -0.15) is 0 Å². The van der Waals surface area contributed by atoms with Crippen molar-refractivity contribution in [1.29, 1.82) is 0 Å². The minimum Gasteiger partial charge on any atom is -0.318 e. The van der Waals surface area contributed by atoms with Gasteiger partial charge in [0.25, 0.3) is 0 Å². The third-order valence-corrected chi connectivity index (χ3v) is 2.77. The average molecular weight is 241 g/mol. The van der Waals surface area contributed by atoms with Gasteiger partial charge in [0.05, 0.1) is 0 Å². The first kappa shape index (κ1) is 10.4. The Bertz CT molecular complexity index is 404. The first-order valence-electron chi connectivity index (χ1n) is 4.54. The quantitative estimate of drug-likeness (QED) is 0.762. The van der Waals surface area contributed by atoms with E-state index in [2.05, 4.69) is 5.32 Å². The molecular weight excluding hydrogens is 232 g/mol. The Balaban J connectivity index is 2.20. The molecule has 1 aromatic rings. The Morgan fingerprint density at radius 2 is 2.00 bits per heavy atom. The van der Waals surface area contributed by atoms with E-state index in [4.69, 9.17) is 23.8 Å². The van der Waals surface area contributed by atoms with Crippen molar-refractivity contribution >= 4 is 40.5 Å². The van der Waals surface area contributed by atoms with E-state index in [-0.39, 0.29) is 5.91 Å². The maximum atomic E-state index is 11.1. The summed E-state index contributed by atoms with van der Waals surface area (Å²) < 4.78 is 0. The molecule has 0 bridgehead atoms. The highest BCUT2D eigenvalue weighted by Gasteiger charge is 2.20. The van der Waals surface area contributed by atoms with Crippen molar-refractivity contribution in [3.8, 4) is 0 Å². The molecule has 5 heteroatoms. The topological polar surface area (TPSA) is 32.3 Å². The van der Waals surface area contributed by atoms with Gasteiger partial charge >= 0.3 is 0 Å². The lowest BCUT2D eigenvalue weighted by Crippen LogP contribution is -2.49. The molecule has 0 aliphatic carbocycles. The number of halogens is 1. The van der Waals surface area contributed by atoms with Gasteiger partial charge in [-0.1, -0.05) is 11.6 Å². The van der Waals surface area contributed by atoms with Crippen LogP contribution in [0.15, 0.2) is 24.3 Å². The van der Waals surface area contributed by atoms with Crippen LogP contribution in [0.1, 0.15) is 6.42 Å². The number of nitrogens with one attached hydrogen (secondary N) is 1. The molecule has 78 valence electrons. The molecule has 0 unspecified atom stereocenters. The van der Waals surface area contributed by atoms with Crippen molar-refractivity contribution < 1.29 is 4.79 Å². The number of hydrogen-bond donors (Lipinski definition) is 1. The maximum absolute atomic E-state index is 11.1. The van der Waals surface area contributed by atoms with Gasteiger partial charge in [0.1, 0.15) is 0 Å². The molecule has 15 heavy (non-hydrogen) atoms. The highest BCUT2D eigenvalue weighted by molar-refractivity contribution is 7.80. The van der Waals surface area contributed by atoms with Gasteiger partial charge in [-0.05, 0) is 36.5 Å². The number of amides is 1. The Labute approximate surface area is 98.0 Å². The van der Waals surface area contributed by atoms with Gasteiger partial charge in [-0.25, -0.2) is 0 Å². The first-order valence-corrected chi connectivity index (χ1v) is 5.32. The molecule has 1 aliphatic heterocycles. The van der Waals surface area contributed by atoms with E-state index in [9.17, 15) is 4.79 Å². The molecule has 1 N–H and O–H groups in total. The highest BCUT2D eigenvalue weighted by Crippen LogP contribution is 2.19. The minimum atomic E-state index is -0.0230. The Hall–Kier alpha value is -1.13. The molecule has 1 heterocycles. The van der Waals surface area contributed by atoms with E-state index in [0.29, 0.717) is 23.1 Å². The fourth-order valence-corrected chi connectivity index (χ4v) is 1.87. The van der Waals surface area contributed by atoms with Gasteiger partial charge in [0, 0.05) is 23.7 Å². The average Bonchev–Trinajstić information content (AvgIpc) is 2.20. The van der Waals surface area contributed by atoms with Crippen LogP contribution in [-0.2, 0) is 4.79 Å². The predicted molar refractivity (Wildman–Crippen MR) is 64.2 cm³/mol. The molecule has 1 saturated heterocycles. The molecule has 1 fully saturated rings. The van der Waals surface area contributed by atoms with Gasteiger partial charge in [0.15, 0.2) is 5.11 Å². The minimum absolute atomic E-state index is 0.0230. The van der Waals surface area contributed by atoms with Crippen molar-refractivity contribution in [2.24, 2.45) is 0 Å².